The van der Waals surface area contributed by atoms with Crippen LogP contribution in [0, 0.1) is 6.92 Å². The van der Waals surface area contributed by atoms with Crippen LogP contribution < -0.4 is 0 Å². The van der Waals surface area contributed by atoms with Crippen molar-refractivity contribution in [3.05, 3.63) is 51.5 Å². The fourth-order valence-electron chi connectivity index (χ4n) is 3.05. The Morgan fingerprint density at radius 3 is 3.00 bits per heavy atom. The highest BCUT2D eigenvalue weighted by atomic mass is 32.1. The van der Waals surface area contributed by atoms with Gasteiger partial charge < -0.3 is 5.11 Å². The molecule has 0 bridgehead atoms. The van der Waals surface area contributed by atoms with Crippen LogP contribution in [-0.2, 0) is 13.0 Å². The number of aliphatic hydroxyl groups is 1. The Morgan fingerprint density at radius 1 is 1.40 bits per heavy atom. The molecule has 1 aliphatic rings. The van der Waals surface area contributed by atoms with Crippen LogP contribution in [0.2, 0.25) is 0 Å². The van der Waals surface area contributed by atoms with Gasteiger partial charge in [0.1, 0.15) is 0 Å². The zero-order chi connectivity index (χ0) is 13.9. The summed E-state index contributed by atoms with van der Waals surface area (Å²) in [4.78, 5) is 8.03. The van der Waals surface area contributed by atoms with Gasteiger partial charge in [-0.25, -0.2) is 4.98 Å². The van der Waals surface area contributed by atoms with Crippen molar-refractivity contribution in [2.45, 2.75) is 32.4 Å². The molecular weight excluding hydrogens is 268 g/mol. The van der Waals surface area contributed by atoms with Crippen LogP contribution in [0.5, 0.6) is 0 Å². The monoisotopic (exact) mass is 288 g/mol. The van der Waals surface area contributed by atoms with Crippen molar-refractivity contribution in [2.24, 2.45) is 0 Å². The van der Waals surface area contributed by atoms with Crippen LogP contribution in [0.1, 0.15) is 34.2 Å². The first kappa shape index (κ1) is 13.7. The first-order valence-electron chi connectivity index (χ1n) is 7.11. The van der Waals surface area contributed by atoms with Gasteiger partial charge in [0.15, 0.2) is 0 Å². The van der Waals surface area contributed by atoms with E-state index in [4.69, 9.17) is 0 Å². The fraction of sp³-hybridized carbons (Fsp3) is 0.438. The number of aryl methyl sites for hydroxylation is 2. The number of aromatic nitrogens is 1. The molecule has 0 fully saturated rings. The molecule has 1 atom stereocenters. The molecule has 0 saturated heterocycles. The van der Waals surface area contributed by atoms with Crippen molar-refractivity contribution in [2.75, 3.05) is 13.2 Å². The maximum absolute atomic E-state index is 9.39. The molecule has 0 saturated carbocycles. The Balaban J connectivity index is 1.83. The van der Waals surface area contributed by atoms with Gasteiger partial charge in [0.25, 0.3) is 0 Å². The summed E-state index contributed by atoms with van der Waals surface area (Å²) in [5.41, 5.74) is 5.92. The average Bonchev–Trinajstić information content (AvgIpc) is 3.05. The predicted molar refractivity (Wildman–Crippen MR) is 81.9 cm³/mol. The number of fused-ring (bicyclic) bond motifs is 1. The zero-order valence-electron chi connectivity index (χ0n) is 11.7. The standard InChI is InChI=1S/C16H20N2OS/c1-12-16(20-11-17-12)10-18(8-9-19)15-7-6-13-4-2-3-5-14(13)15/h2-5,11,15,19H,6-10H2,1H3. The summed E-state index contributed by atoms with van der Waals surface area (Å²) in [7, 11) is 0. The number of nitrogens with zero attached hydrogens (tertiary/aromatic N) is 2. The molecule has 0 amide bonds. The predicted octanol–water partition coefficient (Wildman–Crippen LogP) is 2.93. The van der Waals surface area contributed by atoms with E-state index in [9.17, 15) is 5.11 Å². The second-order valence-corrected chi connectivity index (χ2v) is 6.25. The molecule has 0 aliphatic heterocycles. The summed E-state index contributed by atoms with van der Waals surface area (Å²) in [6.07, 6.45) is 2.29. The minimum absolute atomic E-state index is 0.205. The Kier molecular flexibility index (Phi) is 4.15. The van der Waals surface area contributed by atoms with Gasteiger partial charge in [0, 0.05) is 24.0 Å². The minimum atomic E-state index is 0.205. The van der Waals surface area contributed by atoms with E-state index >= 15 is 0 Å². The molecule has 1 aliphatic carbocycles. The molecule has 1 heterocycles. The van der Waals surface area contributed by atoms with E-state index in [1.807, 2.05) is 5.51 Å². The average molecular weight is 288 g/mol. The van der Waals surface area contributed by atoms with Crippen molar-refractivity contribution in [3.8, 4) is 0 Å². The highest BCUT2D eigenvalue weighted by Gasteiger charge is 2.27. The fourth-order valence-corrected chi connectivity index (χ4v) is 3.85. The first-order chi connectivity index (χ1) is 9.79. The van der Waals surface area contributed by atoms with Crippen LogP contribution in [0.15, 0.2) is 29.8 Å². The molecule has 0 radical (unpaired) electrons. The summed E-state index contributed by atoms with van der Waals surface area (Å²) in [6, 6.07) is 9.12. The van der Waals surface area contributed by atoms with E-state index in [0.717, 1.165) is 31.6 Å². The summed E-state index contributed by atoms with van der Waals surface area (Å²) in [5, 5.41) is 9.39. The Hall–Kier alpha value is -1.23. The third kappa shape index (κ3) is 2.64. The molecule has 4 heteroatoms. The third-order valence-electron chi connectivity index (χ3n) is 4.12. The zero-order valence-corrected chi connectivity index (χ0v) is 12.6. The summed E-state index contributed by atoms with van der Waals surface area (Å²) < 4.78 is 0. The molecule has 3 rings (SSSR count). The van der Waals surface area contributed by atoms with Gasteiger partial charge in [-0.1, -0.05) is 24.3 Å². The number of hydrogen-bond donors (Lipinski definition) is 1. The molecular formula is C16H20N2OS. The van der Waals surface area contributed by atoms with Crippen molar-refractivity contribution in [1.29, 1.82) is 0 Å². The lowest BCUT2D eigenvalue weighted by molar-refractivity contribution is 0.143. The Bertz CT molecular complexity index is 581. The van der Waals surface area contributed by atoms with Crippen LogP contribution in [-0.4, -0.2) is 28.1 Å². The largest absolute Gasteiger partial charge is 0.395 e. The Labute approximate surface area is 123 Å². The van der Waals surface area contributed by atoms with Crippen LogP contribution in [0.25, 0.3) is 0 Å². The number of hydrogen-bond acceptors (Lipinski definition) is 4. The van der Waals surface area contributed by atoms with E-state index in [0.29, 0.717) is 6.04 Å². The molecule has 106 valence electrons. The van der Waals surface area contributed by atoms with Gasteiger partial charge in [-0.2, -0.15) is 0 Å². The summed E-state index contributed by atoms with van der Waals surface area (Å²) in [5.74, 6) is 0. The molecule has 1 aromatic carbocycles. The van der Waals surface area contributed by atoms with Gasteiger partial charge in [0.05, 0.1) is 17.8 Å². The van der Waals surface area contributed by atoms with E-state index in [2.05, 4.69) is 41.1 Å². The van der Waals surface area contributed by atoms with E-state index < -0.39 is 0 Å². The van der Waals surface area contributed by atoms with Gasteiger partial charge in [-0.3, -0.25) is 4.90 Å². The lowest BCUT2D eigenvalue weighted by Crippen LogP contribution is -2.30. The van der Waals surface area contributed by atoms with Gasteiger partial charge in [0.2, 0.25) is 0 Å². The van der Waals surface area contributed by atoms with Crippen molar-refractivity contribution in [3.63, 3.8) is 0 Å². The van der Waals surface area contributed by atoms with Crippen molar-refractivity contribution < 1.29 is 5.11 Å². The number of aliphatic hydroxyl groups excluding tert-OH is 1. The maximum atomic E-state index is 9.39. The van der Waals surface area contributed by atoms with E-state index in [-0.39, 0.29) is 6.61 Å². The molecule has 3 nitrogen and oxygen atoms in total. The highest BCUT2D eigenvalue weighted by molar-refractivity contribution is 7.09. The van der Waals surface area contributed by atoms with Crippen LogP contribution in [0.4, 0.5) is 0 Å². The van der Waals surface area contributed by atoms with E-state index in [1.165, 1.54) is 16.0 Å². The number of rotatable bonds is 5. The molecule has 1 aromatic heterocycles. The second-order valence-electron chi connectivity index (χ2n) is 5.31. The molecule has 0 spiro atoms. The first-order valence-corrected chi connectivity index (χ1v) is 7.99. The highest BCUT2D eigenvalue weighted by Crippen LogP contribution is 2.36. The Morgan fingerprint density at radius 2 is 2.25 bits per heavy atom. The summed E-state index contributed by atoms with van der Waals surface area (Å²) >= 11 is 1.71. The summed E-state index contributed by atoms with van der Waals surface area (Å²) in [6.45, 7) is 3.87. The topological polar surface area (TPSA) is 36.4 Å². The van der Waals surface area contributed by atoms with Crippen LogP contribution >= 0.6 is 11.3 Å². The maximum Gasteiger partial charge on any atom is 0.0798 e. The molecule has 1 unspecified atom stereocenters. The SMILES string of the molecule is Cc1ncsc1CN(CCO)C1CCc2ccccc21. The minimum Gasteiger partial charge on any atom is -0.395 e. The second kappa shape index (κ2) is 6.04. The smallest absolute Gasteiger partial charge is 0.0798 e. The molecule has 2 aromatic rings. The quantitative estimate of drug-likeness (QED) is 0.919. The van der Waals surface area contributed by atoms with E-state index in [1.54, 1.807) is 11.3 Å². The molecule has 20 heavy (non-hydrogen) atoms. The van der Waals surface area contributed by atoms with Gasteiger partial charge in [-0.15, -0.1) is 11.3 Å². The van der Waals surface area contributed by atoms with Crippen molar-refractivity contribution in [1.82, 2.24) is 9.88 Å². The normalized spacial score (nSPS) is 17.6. The lowest BCUT2D eigenvalue weighted by atomic mass is 10.1. The van der Waals surface area contributed by atoms with Crippen LogP contribution in [0.3, 0.4) is 0 Å². The van der Waals surface area contributed by atoms with Gasteiger partial charge in [-0.05, 0) is 30.9 Å². The van der Waals surface area contributed by atoms with Crippen molar-refractivity contribution >= 4 is 11.3 Å². The molecule has 1 N–H and O–H groups in total. The number of benzene rings is 1. The number of thiazole rings is 1. The van der Waals surface area contributed by atoms with Gasteiger partial charge >= 0.3 is 0 Å². The lowest BCUT2D eigenvalue weighted by Gasteiger charge is -2.28. The third-order valence-corrected chi connectivity index (χ3v) is 5.04.